The fourth-order valence-corrected chi connectivity index (χ4v) is 2.37. The number of para-hydroxylation sites is 1. The van der Waals surface area contributed by atoms with Gasteiger partial charge in [-0.15, -0.1) is 0 Å². The summed E-state index contributed by atoms with van der Waals surface area (Å²) >= 11 is 0. The predicted molar refractivity (Wildman–Crippen MR) is 85.7 cm³/mol. The molecule has 0 heterocycles. The fraction of sp³-hybridized carbons (Fsp3) is 0.625. The maximum absolute atomic E-state index is 6.02. The van der Waals surface area contributed by atoms with E-state index in [1.165, 1.54) is 24.9 Å². The number of anilines is 2. The summed E-state index contributed by atoms with van der Waals surface area (Å²) in [4.78, 5) is 2.47. The number of rotatable bonds is 8. The Bertz CT molecular complexity index is 352. The Morgan fingerprint density at radius 3 is 2.53 bits per heavy atom. The smallest absolute Gasteiger partial charge is 0.0605 e. The van der Waals surface area contributed by atoms with E-state index in [0.717, 1.165) is 24.5 Å². The van der Waals surface area contributed by atoms with Crippen LogP contribution in [0.1, 0.15) is 39.2 Å². The third-order valence-corrected chi connectivity index (χ3v) is 3.70. The normalized spacial score (nSPS) is 12.7. The van der Waals surface area contributed by atoms with E-state index in [0.29, 0.717) is 6.04 Å². The van der Waals surface area contributed by atoms with Crippen LogP contribution in [0.4, 0.5) is 11.4 Å². The van der Waals surface area contributed by atoms with E-state index < -0.39 is 0 Å². The Morgan fingerprint density at radius 1 is 1.26 bits per heavy atom. The highest BCUT2D eigenvalue weighted by Crippen LogP contribution is 2.23. The van der Waals surface area contributed by atoms with Crippen molar-refractivity contribution >= 4 is 11.4 Å². The van der Waals surface area contributed by atoms with E-state index in [9.17, 15) is 0 Å². The van der Waals surface area contributed by atoms with Gasteiger partial charge < -0.3 is 16.0 Å². The molecule has 0 aliphatic heterocycles. The molecule has 0 amide bonds. The number of nitrogens with one attached hydrogen (secondary N) is 1. The molecule has 0 bridgehead atoms. The number of hydrogen-bond donors (Lipinski definition) is 2. The van der Waals surface area contributed by atoms with Crippen molar-refractivity contribution in [3.05, 3.63) is 23.8 Å². The van der Waals surface area contributed by atoms with Gasteiger partial charge in [0.25, 0.3) is 0 Å². The molecule has 108 valence electrons. The lowest BCUT2D eigenvalue weighted by molar-refractivity contribution is 0.295. The first kappa shape index (κ1) is 15.8. The molecule has 0 spiro atoms. The summed E-state index contributed by atoms with van der Waals surface area (Å²) in [6, 6.07) is 6.51. The van der Waals surface area contributed by atoms with E-state index in [-0.39, 0.29) is 0 Å². The Hall–Kier alpha value is -1.22. The molecule has 0 aliphatic carbocycles. The van der Waals surface area contributed by atoms with E-state index in [2.05, 4.69) is 44.0 Å². The summed E-state index contributed by atoms with van der Waals surface area (Å²) in [6.07, 6.45) is 2.39. The van der Waals surface area contributed by atoms with Crippen LogP contribution in [-0.2, 0) is 0 Å². The Balaban J connectivity index is 2.41. The molecule has 0 saturated carbocycles. The van der Waals surface area contributed by atoms with Gasteiger partial charge in [-0.1, -0.05) is 26.0 Å². The second-order valence-corrected chi connectivity index (χ2v) is 5.25. The van der Waals surface area contributed by atoms with Gasteiger partial charge in [0.15, 0.2) is 0 Å². The van der Waals surface area contributed by atoms with Gasteiger partial charge in [-0.2, -0.15) is 0 Å². The molecule has 1 unspecified atom stereocenters. The zero-order chi connectivity index (χ0) is 14.3. The third-order valence-electron chi connectivity index (χ3n) is 3.70. The van der Waals surface area contributed by atoms with Crippen molar-refractivity contribution in [1.82, 2.24) is 4.90 Å². The Morgan fingerprint density at radius 2 is 1.95 bits per heavy atom. The standard InChI is InChI=1S/C16H29N3/c1-5-19(6-2)12-8-10-14(4)18-16-13(3)9-7-11-15(16)17/h7,9,11,14,18H,5-6,8,10,12,17H2,1-4H3. The highest BCUT2D eigenvalue weighted by molar-refractivity contribution is 5.70. The molecule has 1 atom stereocenters. The summed E-state index contributed by atoms with van der Waals surface area (Å²) in [5.74, 6) is 0. The zero-order valence-corrected chi connectivity index (χ0v) is 12.9. The van der Waals surface area contributed by atoms with Crippen molar-refractivity contribution in [1.29, 1.82) is 0 Å². The Kier molecular flexibility index (Phi) is 6.71. The van der Waals surface area contributed by atoms with Crippen molar-refractivity contribution in [3.63, 3.8) is 0 Å². The van der Waals surface area contributed by atoms with Crippen molar-refractivity contribution in [2.45, 2.75) is 46.6 Å². The van der Waals surface area contributed by atoms with Gasteiger partial charge in [-0.3, -0.25) is 0 Å². The molecule has 1 aromatic rings. The molecule has 1 aromatic carbocycles. The molecule has 0 fully saturated rings. The Labute approximate surface area is 118 Å². The van der Waals surface area contributed by atoms with Crippen molar-refractivity contribution in [3.8, 4) is 0 Å². The highest BCUT2D eigenvalue weighted by atomic mass is 15.1. The number of benzene rings is 1. The van der Waals surface area contributed by atoms with Crippen LogP contribution >= 0.6 is 0 Å². The molecule has 3 nitrogen and oxygen atoms in total. The lowest BCUT2D eigenvalue weighted by Gasteiger charge is -2.21. The number of nitrogens with two attached hydrogens (primary N) is 1. The number of nitrogen functional groups attached to an aromatic ring is 1. The van der Waals surface area contributed by atoms with E-state index in [4.69, 9.17) is 5.73 Å². The number of nitrogens with zero attached hydrogens (tertiary/aromatic N) is 1. The van der Waals surface area contributed by atoms with Crippen molar-refractivity contribution in [2.75, 3.05) is 30.7 Å². The minimum absolute atomic E-state index is 0.457. The van der Waals surface area contributed by atoms with E-state index in [1.54, 1.807) is 0 Å². The second-order valence-electron chi connectivity index (χ2n) is 5.25. The maximum Gasteiger partial charge on any atom is 0.0605 e. The predicted octanol–water partition coefficient (Wildman–Crippen LogP) is 3.50. The third kappa shape index (κ3) is 5.11. The van der Waals surface area contributed by atoms with E-state index >= 15 is 0 Å². The average molecular weight is 263 g/mol. The highest BCUT2D eigenvalue weighted by Gasteiger charge is 2.07. The number of aryl methyl sites for hydroxylation is 1. The van der Waals surface area contributed by atoms with Crippen LogP contribution in [0, 0.1) is 6.92 Å². The van der Waals surface area contributed by atoms with Gasteiger partial charge in [-0.25, -0.2) is 0 Å². The van der Waals surface area contributed by atoms with E-state index in [1.807, 2.05) is 12.1 Å². The SMILES string of the molecule is CCN(CC)CCCC(C)Nc1c(C)cccc1N. The molecule has 0 saturated heterocycles. The monoisotopic (exact) mass is 263 g/mol. The fourth-order valence-electron chi connectivity index (χ4n) is 2.37. The lowest BCUT2D eigenvalue weighted by atomic mass is 10.1. The number of hydrogen-bond acceptors (Lipinski definition) is 3. The summed E-state index contributed by atoms with van der Waals surface area (Å²) in [7, 11) is 0. The van der Waals surface area contributed by atoms with Crippen LogP contribution in [0.3, 0.4) is 0 Å². The lowest BCUT2D eigenvalue weighted by Crippen LogP contribution is -2.25. The van der Waals surface area contributed by atoms with Gasteiger partial charge in [0, 0.05) is 6.04 Å². The molecular formula is C16H29N3. The van der Waals surface area contributed by atoms with Gasteiger partial charge in [0.2, 0.25) is 0 Å². The summed E-state index contributed by atoms with van der Waals surface area (Å²) in [5.41, 5.74) is 9.18. The maximum atomic E-state index is 6.02. The quantitative estimate of drug-likeness (QED) is 0.705. The first-order valence-corrected chi connectivity index (χ1v) is 7.42. The van der Waals surface area contributed by atoms with Gasteiger partial charge in [0.05, 0.1) is 11.4 Å². The van der Waals surface area contributed by atoms with Crippen LogP contribution in [0.5, 0.6) is 0 Å². The van der Waals surface area contributed by atoms with Crippen LogP contribution in [-0.4, -0.2) is 30.6 Å². The average Bonchev–Trinajstić information content (AvgIpc) is 2.39. The minimum atomic E-state index is 0.457. The van der Waals surface area contributed by atoms with Gasteiger partial charge in [-0.05, 0) is 58.0 Å². The zero-order valence-electron chi connectivity index (χ0n) is 12.9. The van der Waals surface area contributed by atoms with Crippen molar-refractivity contribution < 1.29 is 0 Å². The van der Waals surface area contributed by atoms with Crippen LogP contribution in [0.15, 0.2) is 18.2 Å². The summed E-state index contributed by atoms with van der Waals surface area (Å²) < 4.78 is 0. The van der Waals surface area contributed by atoms with Gasteiger partial charge in [0.1, 0.15) is 0 Å². The largest absolute Gasteiger partial charge is 0.397 e. The van der Waals surface area contributed by atoms with Crippen LogP contribution < -0.4 is 11.1 Å². The van der Waals surface area contributed by atoms with Gasteiger partial charge >= 0.3 is 0 Å². The molecule has 19 heavy (non-hydrogen) atoms. The first-order valence-electron chi connectivity index (χ1n) is 7.42. The molecule has 0 radical (unpaired) electrons. The van der Waals surface area contributed by atoms with Crippen LogP contribution in [0.2, 0.25) is 0 Å². The molecule has 3 N–H and O–H groups in total. The molecule has 3 heteroatoms. The molecule has 0 aromatic heterocycles. The second kappa shape index (κ2) is 8.05. The first-order chi connectivity index (χ1) is 9.08. The summed E-state index contributed by atoms with van der Waals surface area (Å²) in [5, 5.41) is 3.54. The summed E-state index contributed by atoms with van der Waals surface area (Å²) in [6.45, 7) is 12.2. The van der Waals surface area contributed by atoms with Crippen molar-refractivity contribution in [2.24, 2.45) is 0 Å². The minimum Gasteiger partial charge on any atom is -0.397 e. The molecule has 1 rings (SSSR count). The molecular weight excluding hydrogens is 234 g/mol. The van der Waals surface area contributed by atoms with Crippen LogP contribution in [0.25, 0.3) is 0 Å². The molecule has 0 aliphatic rings. The topological polar surface area (TPSA) is 41.3 Å².